The molecule has 10 heteroatoms. The summed E-state index contributed by atoms with van der Waals surface area (Å²) in [5.74, 6) is -1.77. The van der Waals surface area contributed by atoms with Gasteiger partial charge in [0.1, 0.15) is 6.04 Å². The van der Waals surface area contributed by atoms with Crippen molar-refractivity contribution in [3.05, 3.63) is 9.98 Å². The van der Waals surface area contributed by atoms with Gasteiger partial charge in [-0.1, -0.05) is 11.3 Å². The van der Waals surface area contributed by atoms with Gasteiger partial charge in [0.15, 0.2) is 5.13 Å². The quantitative estimate of drug-likeness (QED) is 0.656. The van der Waals surface area contributed by atoms with E-state index in [1.54, 1.807) is 0 Å². The zero-order chi connectivity index (χ0) is 15.1. The van der Waals surface area contributed by atoms with Crippen molar-refractivity contribution in [3.63, 3.8) is 0 Å². The molecule has 0 saturated heterocycles. The summed E-state index contributed by atoms with van der Waals surface area (Å²) in [6.45, 7) is 0. The van der Waals surface area contributed by atoms with Gasteiger partial charge in [0.05, 0.1) is 17.1 Å². The Morgan fingerprint density at radius 2 is 2.25 bits per heavy atom. The fourth-order valence-corrected chi connectivity index (χ4v) is 2.33. The van der Waals surface area contributed by atoms with Gasteiger partial charge in [0.25, 0.3) is 0 Å². The van der Waals surface area contributed by atoms with Gasteiger partial charge in [-0.25, -0.2) is 14.6 Å². The van der Waals surface area contributed by atoms with Crippen molar-refractivity contribution >= 4 is 50.4 Å². The molecule has 0 aliphatic heterocycles. The van der Waals surface area contributed by atoms with E-state index < -0.39 is 24.0 Å². The third kappa shape index (κ3) is 5.53. The van der Waals surface area contributed by atoms with E-state index in [0.717, 1.165) is 3.79 Å². The summed E-state index contributed by atoms with van der Waals surface area (Å²) in [5.41, 5.74) is 0. The SMILES string of the molecule is COC(=O)CC[C@H](NC(=O)Nc1ncc(Br)s1)C(=O)O. The number of esters is 1. The number of halogens is 1. The molecule has 0 saturated carbocycles. The van der Waals surface area contributed by atoms with E-state index in [4.69, 9.17) is 5.11 Å². The Bertz CT molecular complexity index is 507. The molecule has 1 aromatic heterocycles. The molecule has 110 valence electrons. The number of carboxylic acid groups (broad SMARTS) is 1. The maximum atomic E-state index is 11.6. The molecule has 0 fully saturated rings. The number of nitrogens with one attached hydrogen (secondary N) is 2. The first-order valence-corrected chi connectivity index (χ1v) is 7.01. The predicted molar refractivity (Wildman–Crippen MR) is 74.6 cm³/mol. The van der Waals surface area contributed by atoms with Crippen LogP contribution in [0.1, 0.15) is 12.8 Å². The average molecular weight is 366 g/mol. The van der Waals surface area contributed by atoms with Gasteiger partial charge in [0, 0.05) is 6.42 Å². The largest absolute Gasteiger partial charge is 0.480 e. The first kappa shape index (κ1) is 16.4. The molecule has 8 nitrogen and oxygen atoms in total. The van der Waals surface area contributed by atoms with Gasteiger partial charge in [-0.05, 0) is 22.4 Å². The standard InChI is InChI=1S/C10H12BrN3O5S/c1-19-7(15)3-2-5(8(16)17)13-9(18)14-10-12-4-6(11)20-10/h4-5H,2-3H2,1H3,(H,16,17)(H2,12,13,14,18)/t5-/m0/s1. The Morgan fingerprint density at radius 1 is 1.55 bits per heavy atom. The average Bonchev–Trinajstić information content (AvgIpc) is 2.78. The zero-order valence-electron chi connectivity index (χ0n) is 10.4. The lowest BCUT2D eigenvalue weighted by Crippen LogP contribution is -2.43. The monoisotopic (exact) mass is 365 g/mol. The molecule has 0 aliphatic rings. The summed E-state index contributed by atoms with van der Waals surface area (Å²) in [4.78, 5) is 37.4. The van der Waals surface area contributed by atoms with Crippen LogP contribution in [0, 0.1) is 0 Å². The van der Waals surface area contributed by atoms with Crippen molar-refractivity contribution in [3.8, 4) is 0 Å². The van der Waals surface area contributed by atoms with Gasteiger partial charge in [0.2, 0.25) is 0 Å². The Hall–Kier alpha value is -1.68. The third-order valence-corrected chi connectivity index (χ3v) is 3.56. The molecule has 3 N–H and O–H groups in total. The van der Waals surface area contributed by atoms with Crippen molar-refractivity contribution in [2.75, 3.05) is 12.4 Å². The summed E-state index contributed by atoms with van der Waals surface area (Å²) in [6.07, 6.45) is 1.35. The highest BCUT2D eigenvalue weighted by atomic mass is 79.9. The molecule has 0 radical (unpaired) electrons. The third-order valence-electron chi connectivity index (χ3n) is 2.17. The number of carbonyl (C=O) groups excluding carboxylic acids is 2. The second-order valence-electron chi connectivity index (χ2n) is 3.57. The number of ether oxygens (including phenoxy) is 1. The number of hydrogen-bond donors (Lipinski definition) is 3. The number of thiazole rings is 1. The molecule has 0 unspecified atom stereocenters. The van der Waals surface area contributed by atoms with Crippen LogP contribution in [0.5, 0.6) is 0 Å². The van der Waals surface area contributed by atoms with Crippen LogP contribution in [0.3, 0.4) is 0 Å². The van der Waals surface area contributed by atoms with Crippen molar-refractivity contribution < 1.29 is 24.2 Å². The summed E-state index contributed by atoms with van der Waals surface area (Å²) in [7, 11) is 1.21. The summed E-state index contributed by atoms with van der Waals surface area (Å²) in [6, 6.07) is -1.89. The molecule has 1 aromatic rings. The number of nitrogens with zero attached hydrogens (tertiary/aromatic N) is 1. The predicted octanol–water partition coefficient (Wildman–Crippen LogP) is 1.43. The minimum atomic E-state index is -1.23. The van der Waals surface area contributed by atoms with E-state index in [2.05, 4.69) is 36.3 Å². The smallest absolute Gasteiger partial charge is 0.326 e. The van der Waals surface area contributed by atoms with E-state index in [9.17, 15) is 14.4 Å². The van der Waals surface area contributed by atoms with Crippen LogP contribution in [0.4, 0.5) is 9.93 Å². The van der Waals surface area contributed by atoms with Gasteiger partial charge in [-0.15, -0.1) is 0 Å². The topological polar surface area (TPSA) is 118 Å². The Morgan fingerprint density at radius 3 is 2.75 bits per heavy atom. The molecule has 0 aromatic carbocycles. The van der Waals surface area contributed by atoms with E-state index in [0.29, 0.717) is 5.13 Å². The van der Waals surface area contributed by atoms with E-state index in [1.807, 2.05) is 0 Å². The molecule has 20 heavy (non-hydrogen) atoms. The summed E-state index contributed by atoms with van der Waals surface area (Å²) >= 11 is 4.37. The second-order valence-corrected chi connectivity index (χ2v) is 5.98. The van der Waals surface area contributed by atoms with Crippen molar-refractivity contribution in [2.45, 2.75) is 18.9 Å². The number of rotatable bonds is 6. The van der Waals surface area contributed by atoms with E-state index in [1.165, 1.54) is 24.6 Å². The number of carbonyl (C=O) groups is 3. The van der Waals surface area contributed by atoms with E-state index in [-0.39, 0.29) is 12.8 Å². The molecule has 2 amide bonds. The maximum absolute atomic E-state index is 11.6. The van der Waals surface area contributed by atoms with Gasteiger partial charge < -0.3 is 15.2 Å². The fraction of sp³-hybridized carbons (Fsp3) is 0.400. The van der Waals surface area contributed by atoms with E-state index >= 15 is 0 Å². The molecule has 1 atom stereocenters. The second kappa shape index (κ2) is 7.80. The minimum Gasteiger partial charge on any atom is -0.480 e. The molecule has 0 bridgehead atoms. The number of methoxy groups -OCH3 is 1. The molecule has 0 spiro atoms. The van der Waals surface area contributed by atoms with Crippen molar-refractivity contribution in [1.82, 2.24) is 10.3 Å². The molecule has 1 rings (SSSR count). The highest BCUT2D eigenvalue weighted by Crippen LogP contribution is 2.22. The van der Waals surface area contributed by atoms with Crippen molar-refractivity contribution in [2.24, 2.45) is 0 Å². The Labute approximate surface area is 126 Å². The van der Waals surface area contributed by atoms with Crippen LogP contribution in [0.25, 0.3) is 0 Å². The number of urea groups is 1. The van der Waals surface area contributed by atoms with Crippen LogP contribution in [0.2, 0.25) is 0 Å². The van der Waals surface area contributed by atoms with Crippen LogP contribution in [-0.2, 0) is 14.3 Å². The fourth-order valence-electron chi connectivity index (χ4n) is 1.23. The van der Waals surface area contributed by atoms with Crippen LogP contribution in [0.15, 0.2) is 9.98 Å². The highest BCUT2D eigenvalue weighted by molar-refractivity contribution is 9.11. The lowest BCUT2D eigenvalue weighted by atomic mass is 10.1. The van der Waals surface area contributed by atoms with Crippen LogP contribution >= 0.6 is 27.3 Å². The lowest BCUT2D eigenvalue weighted by Gasteiger charge is -2.13. The van der Waals surface area contributed by atoms with Crippen LogP contribution in [-0.4, -0.2) is 41.2 Å². The molecular formula is C10H12BrN3O5S. The number of aliphatic carboxylic acids is 1. The Kier molecular flexibility index (Phi) is 6.39. The molecule has 0 aliphatic carbocycles. The number of aromatic nitrogens is 1. The van der Waals surface area contributed by atoms with Gasteiger partial charge >= 0.3 is 18.0 Å². The number of anilines is 1. The molecule has 1 heterocycles. The lowest BCUT2D eigenvalue weighted by molar-refractivity contribution is -0.142. The maximum Gasteiger partial charge on any atom is 0.326 e. The highest BCUT2D eigenvalue weighted by Gasteiger charge is 2.21. The minimum absolute atomic E-state index is 0.0585. The number of amides is 2. The van der Waals surface area contributed by atoms with Gasteiger partial charge in [-0.2, -0.15) is 0 Å². The van der Waals surface area contributed by atoms with Gasteiger partial charge in [-0.3, -0.25) is 10.1 Å². The zero-order valence-corrected chi connectivity index (χ0v) is 12.8. The first-order valence-electron chi connectivity index (χ1n) is 5.41. The first-order chi connectivity index (χ1) is 9.42. The summed E-state index contributed by atoms with van der Waals surface area (Å²) < 4.78 is 5.14. The Balaban J connectivity index is 2.50. The van der Waals surface area contributed by atoms with Crippen molar-refractivity contribution in [1.29, 1.82) is 0 Å². The van der Waals surface area contributed by atoms with Crippen LogP contribution < -0.4 is 10.6 Å². The normalized spacial score (nSPS) is 11.5. The number of carboxylic acids is 1. The molecular weight excluding hydrogens is 354 g/mol. The number of hydrogen-bond acceptors (Lipinski definition) is 6. The summed E-state index contributed by atoms with van der Waals surface area (Å²) in [5, 5.41) is 13.9.